The van der Waals surface area contributed by atoms with Crippen LogP contribution in [0.3, 0.4) is 0 Å². The van der Waals surface area contributed by atoms with Crippen molar-refractivity contribution in [3.05, 3.63) is 47.0 Å². The van der Waals surface area contributed by atoms with Crippen LogP contribution in [-0.4, -0.2) is 46.2 Å². The van der Waals surface area contributed by atoms with E-state index >= 15 is 0 Å². The van der Waals surface area contributed by atoms with E-state index in [4.69, 9.17) is 4.74 Å². The number of pyridine rings is 1. The molecule has 4 rings (SSSR count). The summed E-state index contributed by atoms with van der Waals surface area (Å²) in [4.78, 5) is 22.6. The lowest BCUT2D eigenvalue weighted by atomic mass is 10.1. The molecule has 1 fully saturated rings. The van der Waals surface area contributed by atoms with Gasteiger partial charge in [0.25, 0.3) is 5.56 Å². The van der Waals surface area contributed by atoms with Gasteiger partial charge in [-0.3, -0.25) is 4.79 Å². The topological polar surface area (TPSA) is 63.2 Å². The van der Waals surface area contributed by atoms with E-state index in [1.807, 2.05) is 37.4 Å². The molecule has 0 radical (unpaired) electrons. The van der Waals surface area contributed by atoms with Crippen LogP contribution in [0.5, 0.6) is 5.75 Å². The lowest BCUT2D eigenvalue weighted by Gasteiger charge is -2.28. The molecule has 0 bridgehead atoms. The van der Waals surface area contributed by atoms with Crippen molar-refractivity contribution < 1.29 is 4.74 Å². The molecule has 2 atom stereocenters. The zero-order valence-corrected chi connectivity index (χ0v) is 16.1. The Morgan fingerprint density at radius 3 is 2.93 bits per heavy atom. The number of hydrogen-bond donors (Lipinski definition) is 1. The Bertz CT molecular complexity index is 1000. The number of fused-ring (bicyclic) bond motifs is 1. The van der Waals surface area contributed by atoms with E-state index in [2.05, 4.69) is 33.5 Å². The lowest BCUT2D eigenvalue weighted by Crippen LogP contribution is -2.33. The molecule has 0 saturated heterocycles. The molecule has 1 aliphatic rings. The molecule has 6 nitrogen and oxygen atoms in total. The second-order valence-electron chi connectivity index (χ2n) is 7.38. The Hall–Kier alpha value is -2.60. The molecule has 6 heteroatoms. The van der Waals surface area contributed by atoms with Gasteiger partial charge in [0, 0.05) is 29.3 Å². The number of nitrogens with one attached hydrogen (secondary N) is 1. The highest BCUT2D eigenvalue weighted by Crippen LogP contribution is 2.35. The number of nitrogens with zero attached hydrogens (tertiary/aromatic N) is 3. The molecule has 1 N–H and O–H groups in total. The van der Waals surface area contributed by atoms with E-state index < -0.39 is 0 Å². The highest BCUT2D eigenvalue weighted by atomic mass is 16.5. The van der Waals surface area contributed by atoms with Gasteiger partial charge < -0.3 is 19.2 Å². The predicted octanol–water partition coefficient (Wildman–Crippen LogP) is 3.45. The molecule has 2 aromatic heterocycles. The quantitative estimate of drug-likeness (QED) is 0.751. The lowest BCUT2D eigenvalue weighted by molar-refractivity contribution is 0.239. The van der Waals surface area contributed by atoms with Gasteiger partial charge in [0.15, 0.2) is 0 Å². The van der Waals surface area contributed by atoms with Crippen molar-refractivity contribution in [2.24, 2.45) is 0 Å². The molecule has 1 aliphatic carbocycles. The number of rotatable bonds is 5. The van der Waals surface area contributed by atoms with Crippen molar-refractivity contribution >= 4 is 10.9 Å². The Labute approximate surface area is 158 Å². The summed E-state index contributed by atoms with van der Waals surface area (Å²) in [7, 11) is 4.25. The van der Waals surface area contributed by atoms with Crippen LogP contribution in [0.15, 0.2) is 41.5 Å². The zero-order valence-electron chi connectivity index (χ0n) is 16.1. The van der Waals surface area contributed by atoms with Crippen LogP contribution >= 0.6 is 0 Å². The summed E-state index contributed by atoms with van der Waals surface area (Å²) in [5.41, 5.74) is 1.29. The highest BCUT2D eigenvalue weighted by molar-refractivity contribution is 5.83. The van der Waals surface area contributed by atoms with Crippen molar-refractivity contribution in [1.82, 2.24) is 19.4 Å². The maximum atomic E-state index is 12.8. The first-order chi connectivity index (χ1) is 13.1. The summed E-state index contributed by atoms with van der Waals surface area (Å²) in [6, 6.07) is 8.45. The van der Waals surface area contributed by atoms with E-state index in [9.17, 15) is 4.79 Å². The minimum Gasteiger partial charge on any atom is -0.494 e. The SMILES string of the molecule is CCOc1ccc2[nH]c(=O)c(-c3nccn3[C@@H]3CCC[C@H]3N(C)C)cc2c1. The van der Waals surface area contributed by atoms with Gasteiger partial charge in [0.1, 0.15) is 11.6 Å². The molecule has 0 aliphatic heterocycles. The van der Waals surface area contributed by atoms with E-state index in [-0.39, 0.29) is 5.56 Å². The van der Waals surface area contributed by atoms with Gasteiger partial charge in [0.05, 0.1) is 18.2 Å². The molecule has 1 saturated carbocycles. The fourth-order valence-electron chi connectivity index (χ4n) is 4.24. The van der Waals surface area contributed by atoms with Crippen molar-refractivity contribution in [3.63, 3.8) is 0 Å². The zero-order chi connectivity index (χ0) is 19.0. The normalized spacial score (nSPS) is 19.9. The van der Waals surface area contributed by atoms with Crippen molar-refractivity contribution in [3.8, 4) is 17.1 Å². The number of imidazole rings is 1. The van der Waals surface area contributed by atoms with E-state index in [0.717, 1.165) is 28.9 Å². The summed E-state index contributed by atoms with van der Waals surface area (Å²) >= 11 is 0. The fourth-order valence-corrected chi connectivity index (χ4v) is 4.24. The van der Waals surface area contributed by atoms with Gasteiger partial charge in [-0.25, -0.2) is 4.98 Å². The van der Waals surface area contributed by atoms with Gasteiger partial charge in [-0.15, -0.1) is 0 Å². The van der Waals surface area contributed by atoms with Gasteiger partial charge in [0.2, 0.25) is 0 Å². The summed E-state index contributed by atoms with van der Waals surface area (Å²) in [5.74, 6) is 1.54. The first kappa shape index (κ1) is 17.8. The first-order valence-electron chi connectivity index (χ1n) is 9.58. The van der Waals surface area contributed by atoms with Crippen LogP contribution in [-0.2, 0) is 0 Å². The predicted molar refractivity (Wildman–Crippen MR) is 107 cm³/mol. The standard InChI is InChI=1S/C21H26N4O2/c1-4-27-15-8-9-17-14(12-15)13-16(21(26)23-17)20-22-10-11-25(20)19-7-5-6-18(19)24(2)3/h8-13,18-19H,4-7H2,1-3H3,(H,23,26)/t18-,19-/m1/s1. The largest absolute Gasteiger partial charge is 0.494 e. The minimum atomic E-state index is -0.112. The summed E-state index contributed by atoms with van der Waals surface area (Å²) in [5, 5.41) is 0.945. The van der Waals surface area contributed by atoms with Crippen LogP contribution in [0.25, 0.3) is 22.3 Å². The molecule has 0 spiro atoms. The van der Waals surface area contributed by atoms with Gasteiger partial charge >= 0.3 is 0 Å². The monoisotopic (exact) mass is 366 g/mol. The Balaban J connectivity index is 1.80. The van der Waals surface area contributed by atoms with Gasteiger partial charge in [-0.05, 0) is 64.5 Å². The third-order valence-corrected chi connectivity index (χ3v) is 5.50. The average Bonchev–Trinajstić information content (AvgIpc) is 3.30. The molecular weight excluding hydrogens is 340 g/mol. The van der Waals surface area contributed by atoms with Crippen LogP contribution < -0.4 is 10.3 Å². The van der Waals surface area contributed by atoms with Crippen LogP contribution in [0.2, 0.25) is 0 Å². The van der Waals surface area contributed by atoms with Crippen LogP contribution in [0, 0.1) is 0 Å². The minimum absolute atomic E-state index is 0.112. The number of benzene rings is 1. The molecule has 3 aromatic rings. The van der Waals surface area contributed by atoms with E-state index in [0.29, 0.717) is 24.3 Å². The van der Waals surface area contributed by atoms with Crippen LogP contribution in [0.1, 0.15) is 32.2 Å². The number of H-pyrrole nitrogens is 1. The number of aromatic amines is 1. The Morgan fingerprint density at radius 1 is 1.30 bits per heavy atom. The third kappa shape index (κ3) is 3.25. The number of ether oxygens (including phenoxy) is 1. The summed E-state index contributed by atoms with van der Waals surface area (Å²) in [6.07, 6.45) is 7.26. The summed E-state index contributed by atoms with van der Waals surface area (Å²) < 4.78 is 7.78. The van der Waals surface area contributed by atoms with E-state index in [1.165, 1.54) is 12.8 Å². The second-order valence-corrected chi connectivity index (χ2v) is 7.38. The summed E-state index contributed by atoms with van der Waals surface area (Å²) in [6.45, 7) is 2.57. The smallest absolute Gasteiger partial charge is 0.259 e. The third-order valence-electron chi connectivity index (χ3n) is 5.50. The second kappa shape index (κ2) is 7.19. The van der Waals surface area contributed by atoms with Crippen LogP contribution in [0.4, 0.5) is 0 Å². The molecule has 0 unspecified atom stereocenters. The van der Waals surface area contributed by atoms with Gasteiger partial charge in [-0.1, -0.05) is 0 Å². The molecule has 142 valence electrons. The highest BCUT2D eigenvalue weighted by Gasteiger charge is 2.31. The molecule has 2 heterocycles. The Kier molecular flexibility index (Phi) is 4.74. The number of hydrogen-bond acceptors (Lipinski definition) is 4. The average molecular weight is 366 g/mol. The number of aromatic nitrogens is 3. The number of likely N-dealkylation sites (N-methyl/N-ethyl adjacent to an activating group) is 1. The van der Waals surface area contributed by atoms with Crippen molar-refractivity contribution in [1.29, 1.82) is 0 Å². The van der Waals surface area contributed by atoms with Gasteiger partial charge in [-0.2, -0.15) is 0 Å². The van der Waals surface area contributed by atoms with Crippen molar-refractivity contribution in [2.45, 2.75) is 38.3 Å². The maximum Gasteiger partial charge on any atom is 0.259 e. The molecule has 27 heavy (non-hydrogen) atoms. The van der Waals surface area contributed by atoms with Crippen molar-refractivity contribution in [2.75, 3.05) is 20.7 Å². The maximum absolute atomic E-state index is 12.8. The molecule has 0 amide bonds. The first-order valence-corrected chi connectivity index (χ1v) is 9.58. The Morgan fingerprint density at radius 2 is 2.15 bits per heavy atom. The van der Waals surface area contributed by atoms with E-state index in [1.54, 1.807) is 6.20 Å². The molecular formula is C21H26N4O2. The fraction of sp³-hybridized carbons (Fsp3) is 0.429. The molecule has 1 aromatic carbocycles.